The topological polar surface area (TPSA) is 72.7 Å². The van der Waals surface area contributed by atoms with E-state index in [0.29, 0.717) is 18.2 Å². The Bertz CT molecular complexity index is 919. The molecule has 2 aliphatic heterocycles. The van der Waals surface area contributed by atoms with E-state index in [1.807, 2.05) is 38.6 Å². The smallest absolute Gasteiger partial charge is 0.410 e. The quantitative estimate of drug-likeness (QED) is 0.672. The largest absolute Gasteiger partial charge is 0.444 e. The van der Waals surface area contributed by atoms with Crippen molar-refractivity contribution in [2.24, 2.45) is 0 Å². The summed E-state index contributed by atoms with van der Waals surface area (Å²) in [6, 6.07) is 1.99. The zero-order valence-corrected chi connectivity index (χ0v) is 18.9. The number of rotatable bonds is 3. The highest BCUT2D eigenvalue weighted by Crippen LogP contribution is 2.34. The summed E-state index contributed by atoms with van der Waals surface area (Å²) in [6.07, 6.45) is 5.38. The van der Waals surface area contributed by atoms with E-state index in [2.05, 4.69) is 9.88 Å². The van der Waals surface area contributed by atoms with E-state index in [1.54, 1.807) is 11.1 Å². The van der Waals surface area contributed by atoms with Crippen LogP contribution in [0.5, 0.6) is 0 Å². The number of amides is 1. The minimum Gasteiger partial charge on any atom is -0.444 e. The highest BCUT2D eigenvalue weighted by molar-refractivity contribution is 6.30. The van der Waals surface area contributed by atoms with Crippen LogP contribution in [-0.4, -0.2) is 64.1 Å². The molecule has 30 heavy (non-hydrogen) atoms. The number of ether oxygens (including phenoxy) is 2. The lowest BCUT2D eigenvalue weighted by atomic mass is 10.2. The van der Waals surface area contributed by atoms with Crippen LogP contribution in [0.3, 0.4) is 0 Å². The summed E-state index contributed by atoms with van der Waals surface area (Å²) in [7, 11) is 2.02. The Morgan fingerprint density at radius 1 is 1.33 bits per heavy atom. The van der Waals surface area contributed by atoms with Crippen molar-refractivity contribution in [1.82, 2.24) is 19.7 Å². The zero-order valence-electron chi connectivity index (χ0n) is 18.1. The first-order valence-corrected chi connectivity index (χ1v) is 11.0. The molecule has 4 heterocycles. The number of likely N-dealkylation sites (N-methyl/N-ethyl adjacent to an activating group) is 1. The molecule has 2 aromatic rings. The van der Waals surface area contributed by atoms with Gasteiger partial charge >= 0.3 is 6.09 Å². The molecule has 2 fully saturated rings. The number of hydrogen-bond acceptors (Lipinski definition) is 6. The van der Waals surface area contributed by atoms with Crippen molar-refractivity contribution in [3.05, 3.63) is 17.4 Å². The maximum atomic E-state index is 12.5. The lowest BCUT2D eigenvalue weighted by molar-refractivity contribution is -0.0365. The van der Waals surface area contributed by atoms with E-state index >= 15 is 0 Å². The van der Waals surface area contributed by atoms with Crippen LogP contribution in [0.2, 0.25) is 5.15 Å². The number of fused-ring (bicyclic) bond motifs is 1. The number of anilines is 1. The molecule has 0 aromatic carbocycles. The second-order valence-electron chi connectivity index (χ2n) is 9.09. The Hall–Kier alpha value is -2.06. The van der Waals surface area contributed by atoms with Gasteiger partial charge < -0.3 is 19.3 Å². The zero-order chi connectivity index (χ0) is 21.5. The molecule has 2 saturated heterocycles. The fourth-order valence-electron chi connectivity index (χ4n) is 4.11. The van der Waals surface area contributed by atoms with Crippen LogP contribution in [0.15, 0.2) is 12.3 Å². The normalized spacial score (nSPS) is 22.5. The van der Waals surface area contributed by atoms with Crippen LogP contribution >= 0.6 is 11.6 Å². The molecule has 0 radical (unpaired) electrons. The Balaban J connectivity index is 1.58. The first kappa shape index (κ1) is 21.2. The number of nitrogens with zero attached hydrogens (tertiary/aromatic N) is 5. The molecule has 4 rings (SSSR count). The molecule has 8 nitrogen and oxygen atoms in total. The van der Waals surface area contributed by atoms with Crippen molar-refractivity contribution in [2.45, 2.75) is 64.3 Å². The van der Waals surface area contributed by atoms with Gasteiger partial charge in [-0.25, -0.2) is 14.5 Å². The van der Waals surface area contributed by atoms with E-state index in [4.69, 9.17) is 26.2 Å². The average molecular weight is 436 g/mol. The number of aromatic nitrogens is 3. The van der Waals surface area contributed by atoms with Crippen molar-refractivity contribution < 1.29 is 14.3 Å². The number of carbonyl (C=O) groups excluding carboxylic acids is 1. The summed E-state index contributed by atoms with van der Waals surface area (Å²) in [5.74, 6) is 0.833. The summed E-state index contributed by atoms with van der Waals surface area (Å²) < 4.78 is 13.4. The van der Waals surface area contributed by atoms with Crippen LogP contribution < -0.4 is 4.90 Å². The standard InChI is InChI=1S/C21H30ClN5O3/c1-21(2,3)30-20(28)26-9-8-14(13-26)25(4)19-15-12-23-17(22)11-16(15)27(24-19)18-7-5-6-10-29-18/h11-12,14,18H,5-10,13H2,1-4H3. The molecule has 2 aliphatic rings. The maximum absolute atomic E-state index is 12.5. The fourth-order valence-corrected chi connectivity index (χ4v) is 4.26. The van der Waals surface area contributed by atoms with E-state index < -0.39 is 5.60 Å². The third kappa shape index (κ3) is 4.34. The predicted molar refractivity (Wildman–Crippen MR) is 116 cm³/mol. The van der Waals surface area contributed by atoms with Crippen molar-refractivity contribution >= 4 is 34.4 Å². The van der Waals surface area contributed by atoms with Crippen molar-refractivity contribution in [3.8, 4) is 0 Å². The van der Waals surface area contributed by atoms with Crippen molar-refractivity contribution in [1.29, 1.82) is 0 Å². The average Bonchev–Trinajstić information content (AvgIpc) is 3.32. The van der Waals surface area contributed by atoms with E-state index in [1.165, 1.54) is 0 Å². The number of hydrogen-bond donors (Lipinski definition) is 0. The highest BCUT2D eigenvalue weighted by Gasteiger charge is 2.33. The van der Waals surface area contributed by atoms with Crippen LogP contribution in [0.25, 0.3) is 10.9 Å². The molecule has 1 amide bonds. The molecule has 2 unspecified atom stereocenters. The second-order valence-corrected chi connectivity index (χ2v) is 9.48. The first-order valence-electron chi connectivity index (χ1n) is 10.6. The van der Waals surface area contributed by atoms with E-state index in [9.17, 15) is 4.79 Å². The lowest BCUT2D eigenvalue weighted by Gasteiger charge is -2.27. The van der Waals surface area contributed by atoms with Gasteiger partial charge in [0, 0.05) is 45.0 Å². The van der Waals surface area contributed by atoms with E-state index in [-0.39, 0.29) is 18.4 Å². The second kappa shape index (κ2) is 8.23. The fraction of sp³-hybridized carbons (Fsp3) is 0.667. The predicted octanol–water partition coefficient (Wildman–Crippen LogP) is 4.23. The Morgan fingerprint density at radius 3 is 2.83 bits per heavy atom. The molecule has 0 saturated carbocycles. The van der Waals surface area contributed by atoms with Gasteiger partial charge in [0.2, 0.25) is 0 Å². The monoisotopic (exact) mass is 435 g/mol. The van der Waals surface area contributed by atoms with Crippen LogP contribution in [0, 0.1) is 0 Å². The molecule has 0 N–H and O–H groups in total. The molecule has 0 bridgehead atoms. The van der Waals surface area contributed by atoms with Gasteiger partial charge in [0.15, 0.2) is 12.0 Å². The Labute approximate surface area is 182 Å². The van der Waals surface area contributed by atoms with Crippen molar-refractivity contribution in [2.75, 3.05) is 31.6 Å². The molecular weight excluding hydrogens is 406 g/mol. The summed E-state index contributed by atoms with van der Waals surface area (Å²) in [5, 5.41) is 6.28. The molecular formula is C21H30ClN5O3. The van der Waals surface area contributed by atoms with Gasteiger partial charge in [0.25, 0.3) is 0 Å². The number of carbonyl (C=O) groups is 1. The van der Waals surface area contributed by atoms with Gasteiger partial charge in [0.1, 0.15) is 10.8 Å². The molecule has 2 atom stereocenters. The molecule has 0 aliphatic carbocycles. The van der Waals surface area contributed by atoms with Crippen LogP contribution in [0.1, 0.15) is 52.7 Å². The molecule has 2 aromatic heterocycles. The Kier molecular flexibility index (Phi) is 5.81. The summed E-state index contributed by atoms with van der Waals surface area (Å²) in [4.78, 5) is 20.6. The molecule has 9 heteroatoms. The summed E-state index contributed by atoms with van der Waals surface area (Å²) >= 11 is 6.19. The number of likely N-dealkylation sites (tertiary alicyclic amines) is 1. The van der Waals surface area contributed by atoms with Gasteiger partial charge in [-0.2, -0.15) is 5.10 Å². The highest BCUT2D eigenvalue weighted by atomic mass is 35.5. The minimum atomic E-state index is -0.499. The molecule has 0 spiro atoms. The van der Waals surface area contributed by atoms with Gasteiger partial charge in [-0.3, -0.25) is 0 Å². The van der Waals surface area contributed by atoms with Crippen molar-refractivity contribution in [3.63, 3.8) is 0 Å². The first-order chi connectivity index (χ1) is 14.2. The van der Waals surface area contributed by atoms with Gasteiger partial charge in [0.05, 0.1) is 10.9 Å². The number of pyridine rings is 1. The molecule has 164 valence electrons. The summed E-state index contributed by atoms with van der Waals surface area (Å²) in [5.41, 5.74) is 0.423. The van der Waals surface area contributed by atoms with Crippen LogP contribution in [0.4, 0.5) is 10.6 Å². The minimum absolute atomic E-state index is 0.0938. The SMILES string of the molecule is CN(c1nn(C2CCCCO2)c2cc(Cl)ncc12)C1CCN(C(=O)OC(C)(C)C)C1. The van der Waals surface area contributed by atoms with E-state index in [0.717, 1.165) is 49.0 Å². The Morgan fingerprint density at radius 2 is 2.13 bits per heavy atom. The van der Waals surface area contributed by atoms with Crippen LogP contribution in [-0.2, 0) is 9.47 Å². The third-order valence-corrected chi connectivity index (χ3v) is 5.87. The third-order valence-electron chi connectivity index (χ3n) is 5.66. The number of halogens is 1. The summed E-state index contributed by atoms with van der Waals surface area (Å²) in [6.45, 7) is 7.65. The lowest BCUT2D eigenvalue weighted by Crippen LogP contribution is -2.39. The van der Waals surface area contributed by atoms with Gasteiger partial charge in [-0.05, 0) is 46.5 Å². The maximum Gasteiger partial charge on any atom is 0.410 e. The van der Waals surface area contributed by atoms with Gasteiger partial charge in [-0.15, -0.1) is 0 Å². The van der Waals surface area contributed by atoms with Gasteiger partial charge in [-0.1, -0.05) is 11.6 Å².